The minimum Gasteiger partial charge on any atom is -0.507 e. The number of carbonyl (C=O) groups is 2. The molecule has 8 heteroatoms. The van der Waals surface area contributed by atoms with E-state index in [9.17, 15) is 14.7 Å². The predicted molar refractivity (Wildman–Crippen MR) is 119 cm³/mol. The minimum absolute atomic E-state index is 0.0735. The van der Waals surface area contributed by atoms with Crippen molar-refractivity contribution in [3.63, 3.8) is 0 Å². The van der Waals surface area contributed by atoms with Crippen molar-refractivity contribution in [2.75, 3.05) is 18.5 Å². The highest BCUT2D eigenvalue weighted by Gasteiger charge is 2.34. The van der Waals surface area contributed by atoms with Gasteiger partial charge in [0.2, 0.25) is 0 Å². The van der Waals surface area contributed by atoms with Gasteiger partial charge in [0, 0.05) is 19.3 Å². The van der Waals surface area contributed by atoms with E-state index in [-0.39, 0.29) is 15.6 Å². The largest absolute Gasteiger partial charge is 0.507 e. The van der Waals surface area contributed by atoms with Crippen LogP contribution in [-0.4, -0.2) is 39.8 Å². The molecule has 0 atom stereocenters. The molecule has 2 heterocycles. The fraction of sp³-hybridized carbons (Fsp3) is 0.190. The summed E-state index contributed by atoms with van der Waals surface area (Å²) in [6, 6.07) is 12.3. The Morgan fingerprint density at radius 1 is 1.28 bits per heavy atom. The smallest absolute Gasteiger partial charge is 0.285 e. The second kappa shape index (κ2) is 7.88. The number of nitrogens with zero attached hydrogens (tertiary/aromatic N) is 2. The van der Waals surface area contributed by atoms with Crippen molar-refractivity contribution in [2.24, 2.45) is 0 Å². The van der Waals surface area contributed by atoms with Crippen molar-refractivity contribution in [3.8, 4) is 5.75 Å². The number of aromatic hydroxyl groups is 1. The molecule has 2 aromatic rings. The first kappa shape index (κ1) is 19.5. The maximum Gasteiger partial charge on any atom is 0.285 e. The zero-order valence-corrected chi connectivity index (χ0v) is 17.3. The molecule has 0 aromatic heterocycles. The first-order valence-electron chi connectivity index (χ1n) is 9.15. The third-order valence-corrected chi connectivity index (χ3v) is 6.21. The molecular weight excluding hydrogens is 406 g/mol. The van der Waals surface area contributed by atoms with E-state index in [4.69, 9.17) is 12.2 Å². The molecule has 29 heavy (non-hydrogen) atoms. The summed E-state index contributed by atoms with van der Waals surface area (Å²) in [4.78, 5) is 27.9. The summed E-state index contributed by atoms with van der Waals surface area (Å²) in [5.41, 5.74) is 5.96. The average Bonchev–Trinajstić information content (AvgIpc) is 2.96. The molecule has 0 spiro atoms. The molecule has 0 unspecified atom stereocenters. The van der Waals surface area contributed by atoms with Crippen LogP contribution < -0.4 is 10.3 Å². The summed E-state index contributed by atoms with van der Waals surface area (Å²) < 4.78 is 0.239. The Balaban J connectivity index is 1.54. The summed E-state index contributed by atoms with van der Waals surface area (Å²) in [7, 11) is 2.08. The van der Waals surface area contributed by atoms with Crippen molar-refractivity contribution in [3.05, 3.63) is 64.1 Å². The normalized spacial score (nSPS) is 17.6. The molecule has 1 saturated heterocycles. The van der Waals surface area contributed by atoms with Gasteiger partial charge in [0.05, 0.1) is 10.5 Å². The summed E-state index contributed by atoms with van der Waals surface area (Å²) in [5, 5.41) is 10.9. The lowest BCUT2D eigenvalue weighted by Gasteiger charge is -2.27. The Hall–Kier alpha value is -2.84. The molecule has 0 bridgehead atoms. The molecule has 148 valence electrons. The highest BCUT2D eigenvalue weighted by Crippen LogP contribution is 2.33. The Morgan fingerprint density at radius 2 is 2.07 bits per heavy atom. The van der Waals surface area contributed by atoms with Crippen LogP contribution in [0.25, 0.3) is 6.08 Å². The fourth-order valence-corrected chi connectivity index (χ4v) is 4.62. The van der Waals surface area contributed by atoms with Crippen molar-refractivity contribution in [1.29, 1.82) is 0 Å². The van der Waals surface area contributed by atoms with Crippen LogP contribution in [-0.2, 0) is 11.2 Å². The standard InChI is InChI=1S/C21H19N3O3S2/c1-23-10-4-5-14-11-13(8-9-16(14)23)12-18-20(27)24(21(28)29-18)22-19(26)15-6-2-3-7-17(15)25/h2-3,6-9,11-12,25H,4-5,10H2,1H3,(H,22,26). The summed E-state index contributed by atoms with van der Waals surface area (Å²) in [6.07, 6.45) is 3.91. The number of thioether (sulfide) groups is 1. The minimum atomic E-state index is -0.600. The van der Waals surface area contributed by atoms with E-state index in [0.29, 0.717) is 4.91 Å². The number of aryl methyl sites for hydroxylation is 1. The van der Waals surface area contributed by atoms with E-state index in [1.165, 1.54) is 23.4 Å². The van der Waals surface area contributed by atoms with Gasteiger partial charge in [-0.3, -0.25) is 15.0 Å². The van der Waals surface area contributed by atoms with E-state index in [2.05, 4.69) is 29.5 Å². The molecular formula is C21H19N3O3S2. The molecule has 6 nitrogen and oxygen atoms in total. The lowest BCUT2D eigenvalue weighted by Crippen LogP contribution is -2.44. The highest BCUT2D eigenvalue weighted by molar-refractivity contribution is 8.26. The maximum atomic E-state index is 12.8. The molecule has 2 aliphatic rings. The quantitative estimate of drug-likeness (QED) is 0.581. The Labute approximate surface area is 178 Å². The Morgan fingerprint density at radius 3 is 2.86 bits per heavy atom. The molecule has 1 fully saturated rings. The molecule has 4 rings (SSSR count). The van der Waals surface area contributed by atoms with Gasteiger partial charge in [-0.1, -0.05) is 30.0 Å². The van der Waals surface area contributed by atoms with Crippen LogP contribution in [0.2, 0.25) is 0 Å². The first-order valence-corrected chi connectivity index (χ1v) is 10.4. The van der Waals surface area contributed by atoms with Gasteiger partial charge in [0.1, 0.15) is 5.75 Å². The van der Waals surface area contributed by atoms with Gasteiger partial charge in [0.25, 0.3) is 11.8 Å². The monoisotopic (exact) mass is 425 g/mol. The number of benzene rings is 2. The van der Waals surface area contributed by atoms with Crippen molar-refractivity contribution < 1.29 is 14.7 Å². The average molecular weight is 426 g/mol. The van der Waals surface area contributed by atoms with Crippen LogP contribution in [0.4, 0.5) is 5.69 Å². The summed E-state index contributed by atoms with van der Waals surface area (Å²) in [6.45, 7) is 1.04. The first-order chi connectivity index (χ1) is 13.9. The Bertz CT molecular complexity index is 1050. The second-order valence-corrected chi connectivity index (χ2v) is 8.56. The number of phenols is 1. The summed E-state index contributed by atoms with van der Waals surface area (Å²) >= 11 is 6.41. The predicted octanol–water partition coefficient (Wildman–Crippen LogP) is 3.32. The number of fused-ring (bicyclic) bond motifs is 1. The number of hydrogen-bond donors (Lipinski definition) is 2. The van der Waals surface area contributed by atoms with Crippen LogP contribution in [0.15, 0.2) is 47.4 Å². The van der Waals surface area contributed by atoms with Crippen molar-refractivity contribution in [1.82, 2.24) is 10.4 Å². The van der Waals surface area contributed by atoms with Gasteiger partial charge in [-0.05, 0) is 66.5 Å². The lowest BCUT2D eigenvalue weighted by molar-refractivity contribution is -0.123. The number of carbonyl (C=O) groups excluding carboxylic acids is 2. The number of phenolic OH excluding ortho intramolecular Hbond substituents is 1. The van der Waals surface area contributed by atoms with Crippen LogP contribution in [0.3, 0.4) is 0 Å². The fourth-order valence-electron chi connectivity index (χ4n) is 3.44. The van der Waals surface area contributed by atoms with Crippen LogP contribution in [0.5, 0.6) is 5.75 Å². The second-order valence-electron chi connectivity index (χ2n) is 6.89. The maximum absolute atomic E-state index is 12.8. The summed E-state index contributed by atoms with van der Waals surface area (Å²) in [5.74, 6) is -1.15. The van der Waals surface area contributed by atoms with E-state index >= 15 is 0 Å². The third kappa shape index (κ3) is 3.86. The number of rotatable bonds is 3. The number of nitrogens with one attached hydrogen (secondary N) is 1. The molecule has 2 aliphatic heterocycles. The van der Waals surface area contributed by atoms with Crippen LogP contribution in [0.1, 0.15) is 27.9 Å². The van der Waals surface area contributed by atoms with E-state index < -0.39 is 11.8 Å². The van der Waals surface area contributed by atoms with Gasteiger partial charge < -0.3 is 10.0 Å². The third-order valence-electron chi connectivity index (χ3n) is 4.91. The van der Waals surface area contributed by atoms with Crippen molar-refractivity contribution in [2.45, 2.75) is 12.8 Å². The highest BCUT2D eigenvalue weighted by atomic mass is 32.2. The zero-order valence-electron chi connectivity index (χ0n) is 15.7. The molecule has 2 aromatic carbocycles. The number of thiocarbonyl (C=S) groups is 1. The molecule has 2 N–H and O–H groups in total. The van der Waals surface area contributed by atoms with Gasteiger partial charge in [-0.2, -0.15) is 5.01 Å². The SMILES string of the molecule is CN1CCCc2cc(C=C3SC(=S)N(NC(=O)c4ccccc4O)C3=O)ccc21. The van der Waals surface area contributed by atoms with Gasteiger partial charge >= 0.3 is 0 Å². The van der Waals surface area contributed by atoms with Gasteiger partial charge in [-0.25, -0.2) is 0 Å². The van der Waals surface area contributed by atoms with Crippen LogP contribution >= 0.6 is 24.0 Å². The number of anilines is 1. The molecule has 2 amide bonds. The number of amides is 2. The van der Waals surface area contributed by atoms with Gasteiger partial charge in [0.15, 0.2) is 4.32 Å². The zero-order chi connectivity index (χ0) is 20.5. The number of hydrogen-bond acceptors (Lipinski definition) is 6. The van der Waals surface area contributed by atoms with E-state index in [0.717, 1.165) is 41.7 Å². The Kier molecular flexibility index (Phi) is 5.29. The number of para-hydroxylation sites is 1. The van der Waals surface area contributed by atoms with Crippen LogP contribution in [0, 0.1) is 0 Å². The number of hydrazine groups is 1. The van der Waals surface area contributed by atoms with Crippen molar-refractivity contribution >= 4 is 51.9 Å². The molecule has 0 radical (unpaired) electrons. The molecule has 0 saturated carbocycles. The van der Waals surface area contributed by atoms with Gasteiger partial charge in [-0.15, -0.1) is 0 Å². The van der Waals surface area contributed by atoms with E-state index in [1.807, 2.05) is 6.07 Å². The van der Waals surface area contributed by atoms with E-state index in [1.54, 1.807) is 18.2 Å². The molecule has 0 aliphatic carbocycles. The lowest BCUT2D eigenvalue weighted by atomic mass is 9.99. The topological polar surface area (TPSA) is 72.9 Å².